The third kappa shape index (κ3) is 2.99. The molecule has 0 bridgehead atoms. The second-order valence-electron chi connectivity index (χ2n) is 2.21. The molecule has 0 saturated heterocycles. The monoisotopic (exact) mass is 264 g/mol. The Morgan fingerprint density at radius 2 is 2.31 bits per heavy atom. The fourth-order valence-corrected chi connectivity index (χ4v) is 1.21. The van der Waals surface area contributed by atoms with Crippen LogP contribution in [0, 0.1) is 0 Å². The van der Waals surface area contributed by atoms with Crippen LogP contribution in [0.4, 0.5) is 0 Å². The van der Waals surface area contributed by atoms with Gasteiger partial charge in [0.25, 0.3) is 0 Å². The minimum Gasteiger partial charge on any atom is -0.423 e. The maximum atomic E-state index is 10.7. The van der Waals surface area contributed by atoms with E-state index in [9.17, 15) is 4.79 Å². The minimum absolute atomic E-state index is 0.232. The molecule has 0 aliphatic heterocycles. The minimum atomic E-state index is -0.736. The molecule has 0 fully saturated rings. The Morgan fingerprint density at radius 1 is 1.62 bits per heavy atom. The molecule has 0 aliphatic rings. The summed E-state index contributed by atoms with van der Waals surface area (Å²) in [6.45, 7) is -0.664. The van der Waals surface area contributed by atoms with Crippen molar-refractivity contribution in [2.24, 2.45) is 0 Å². The van der Waals surface area contributed by atoms with Gasteiger partial charge in [-0.05, 0) is 18.2 Å². The van der Waals surface area contributed by atoms with Crippen molar-refractivity contribution in [2.75, 3.05) is 6.61 Å². The number of benzene rings is 1. The first-order chi connectivity index (χ1) is 6.13. The van der Waals surface area contributed by atoms with Gasteiger partial charge < -0.3 is 9.84 Å². The Bertz CT molecular complexity index is 327. The molecule has 0 radical (unpaired) electrons. The molecule has 0 amide bonds. The van der Waals surface area contributed by atoms with Crippen molar-refractivity contribution in [2.45, 2.75) is 0 Å². The lowest BCUT2D eigenvalue weighted by Gasteiger charge is -2.04. The summed E-state index contributed by atoms with van der Waals surface area (Å²) in [4.78, 5) is 10.7. The normalized spacial score (nSPS) is 9.77. The van der Waals surface area contributed by atoms with E-state index in [0.717, 1.165) is 4.47 Å². The number of ether oxygens (including phenoxy) is 1. The molecule has 1 aromatic rings. The van der Waals surface area contributed by atoms with Gasteiger partial charge in [-0.25, -0.2) is 4.79 Å². The van der Waals surface area contributed by atoms with Gasteiger partial charge in [0.15, 0.2) is 5.75 Å². The molecule has 1 N–H and O–H groups in total. The molecular formula is C8H6BrClO3. The van der Waals surface area contributed by atoms with Gasteiger partial charge in [0.2, 0.25) is 0 Å². The van der Waals surface area contributed by atoms with Crippen LogP contribution in [-0.4, -0.2) is 17.7 Å². The molecule has 0 heterocycles. The molecule has 70 valence electrons. The molecule has 0 atom stereocenters. The number of carbonyl (C=O) groups excluding carboxylic acids is 1. The Morgan fingerprint density at radius 3 is 2.92 bits per heavy atom. The van der Waals surface area contributed by atoms with Gasteiger partial charge in [0, 0.05) is 4.47 Å². The molecule has 1 aromatic carbocycles. The second-order valence-corrected chi connectivity index (χ2v) is 3.53. The van der Waals surface area contributed by atoms with Crippen LogP contribution in [0.5, 0.6) is 5.75 Å². The number of hydrogen-bond donors (Lipinski definition) is 1. The van der Waals surface area contributed by atoms with Gasteiger partial charge in [-0.1, -0.05) is 27.5 Å². The maximum absolute atomic E-state index is 10.7. The third-order valence-electron chi connectivity index (χ3n) is 1.25. The molecule has 0 saturated carbocycles. The first-order valence-electron chi connectivity index (χ1n) is 3.40. The Labute approximate surface area is 88.4 Å². The van der Waals surface area contributed by atoms with Crippen LogP contribution in [0.1, 0.15) is 0 Å². The lowest BCUT2D eigenvalue weighted by Crippen LogP contribution is -2.12. The number of carbonyl (C=O) groups is 1. The van der Waals surface area contributed by atoms with E-state index in [1.165, 1.54) is 0 Å². The van der Waals surface area contributed by atoms with Crippen molar-refractivity contribution < 1.29 is 14.6 Å². The Kier molecular flexibility index (Phi) is 3.71. The second kappa shape index (κ2) is 4.60. The number of rotatable bonds is 2. The van der Waals surface area contributed by atoms with E-state index in [-0.39, 0.29) is 5.75 Å². The van der Waals surface area contributed by atoms with Gasteiger partial charge in [0.05, 0.1) is 5.02 Å². The summed E-state index contributed by atoms with van der Waals surface area (Å²) in [5, 5.41) is 8.75. The summed E-state index contributed by atoms with van der Waals surface area (Å²) in [7, 11) is 0. The number of hydrogen-bond acceptors (Lipinski definition) is 3. The van der Waals surface area contributed by atoms with Crippen LogP contribution >= 0.6 is 27.5 Å². The summed E-state index contributed by atoms with van der Waals surface area (Å²) in [6.07, 6.45) is 0. The van der Waals surface area contributed by atoms with Gasteiger partial charge in [-0.15, -0.1) is 0 Å². The molecule has 5 heteroatoms. The van der Waals surface area contributed by atoms with Crippen LogP contribution in [-0.2, 0) is 4.79 Å². The number of aliphatic hydroxyl groups is 1. The molecule has 13 heavy (non-hydrogen) atoms. The molecule has 0 spiro atoms. The topological polar surface area (TPSA) is 46.5 Å². The van der Waals surface area contributed by atoms with Crippen molar-refractivity contribution >= 4 is 33.5 Å². The molecule has 0 unspecified atom stereocenters. The highest BCUT2D eigenvalue weighted by Crippen LogP contribution is 2.27. The van der Waals surface area contributed by atoms with Crippen LogP contribution in [0.25, 0.3) is 0 Å². The van der Waals surface area contributed by atoms with E-state index < -0.39 is 12.6 Å². The van der Waals surface area contributed by atoms with Crippen molar-refractivity contribution in [3.05, 3.63) is 27.7 Å². The van der Waals surface area contributed by atoms with Gasteiger partial charge in [-0.3, -0.25) is 0 Å². The third-order valence-corrected chi connectivity index (χ3v) is 2.05. The standard InChI is InChI=1S/C8H6BrClO3/c9-5-1-2-6(10)7(3-5)13-8(12)4-11/h1-3,11H,4H2. The SMILES string of the molecule is O=C(CO)Oc1cc(Br)ccc1Cl. The lowest BCUT2D eigenvalue weighted by atomic mass is 10.3. The van der Waals surface area contributed by atoms with E-state index in [4.69, 9.17) is 21.4 Å². The van der Waals surface area contributed by atoms with Crippen LogP contribution in [0.15, 0.2) is 22.7 Å². The van der Waals surface area contributed by atoms with E-state index in [1.807, 2.05) is 0 Å². The van der Waals surface area contributed by atoms with Crippen molar-refractivity contribution in [3.8, 4) is 5.75 Å². The van der Waals surface area contributed by atoms with E-state index in [0.29, 0.717) is 5.02 Å². The summed E-state index contributed by atoms with van der Waals surface area (Å²) in [5.41, 5.74) is 0. The number of halogens is 2. The van der Waals surface area contributed by atoms with Crippen LogP contribution in [0.3, 0.4) is 0 Å². The molecule has 1 rings (SSSR count). The largest absolute Gasteiger partial charge is 0.423 e. The fourth-order valence-electron chi connectivity index (χ4n) is 0.710. The van der Waals surface area contributed by atoms with Crippen molar-refractivity contribution in [3.63, 3.8) is 0 Å². The first kappa shape index (κ1) is 10.5. The van der Waals surface area contributed by atoms with Crippen molar-refractivity contribution in [1.29, 1.82) is 0 Å². The number of esters is 1. The van der Waals surface area contributed by atoms with Crippen LogP contribution < -0.4 is 4.74 Å². The van der Waals surface area contributed by atoms with Crippen molar-refractivity contribution in [1.82, 2.24) is 0 Å². The molecule has 0 aliphatic carbocycles. The highest BCUT2D eigenvalue weighted by Gasteiger charge is 2.06. The van der Waals surface area contributed by atoms with E-state index in [1.54, 1.807) is 18.2 Å². The summed E-state index contributed by atoms with van der Waals surface area (Å²) >= 11 is 8.91. The average Bonchev–Trinajstić information content (AvgIpc) is 2.11. The van der Waals surface area contributed by atoms with E-state index in [2.05, 4.69) is 15.9 Å². The van der Waals surface area contributed by atoms with Gasteiger partial charge in [-0.2, -0.15) is 0 Å². The zero-order chi connectivity index (χ0) is 9.84. The quantitative estimate of drug-likeness (QED) is 0.657. The van der Waals surface area contributed by atoms with Gasteiger partial charge in [0.1, 0.15) is 6.61 Å². The fraction of sp³-hybridized carbons (Fsp3) is 0.125. The summed E-state index contributed by atoms with van der Waals surface area (Å²) < 4.78 is 5.47. The summed E-state index contributed by atoms with van der Waals surface area (Å²) in [6, 6.07) is 4.86. The predicted octanol–water partition coefficient (Wildman–Crippen LogP) is 2.00. The van der Waals surface area contributed by atoms with E-state index >= 15 is 0 Å². The predicted molar refractivity (Wildman–Crippen MR) is 51.9 cm³/mol. The zero-order valence-electron chi connectivity index (χ0n) is 6.46. The first-order valence-corrected chi connectivity index (χ1v) is 4.57. The zero-order valence-corrected chi connectivity index (χ0v) is 8.80. The Balaban J connectivity index is 2.87. The lowest BCUT2D eigenvalue weighted by molar-refractivity contribution is -0.137. The number of aliphatic hydroxyl groups excluding tert-OH is 1. The smallest absolute Gasteiger partial charge is 0.337 e. The summed E-state index contributed by atoms with van der Waals surface area (Å²) in [5.74, 6) is -0.505. The average molecular weight is 265 g/mol. The molecule has 0 aromatic heterocycles. The Hall–Kier alpha value is -0.580. The maximum Gasteiger partial charge on any atom is 0.337 e. The molecule has 3 nitrogen and oxygen atoms in total. The van der Waals surface area contributed by atoms with Gasteiger partial charge >= 0.3 is 5.97 Å². The van der Waals surface area contributed by atoms with Crippen LogP contribution in [0.2, 0.25) is 5.02 Å². The highest BCUT2D eigenvalue weighted by atomic mass is 79.9. The molecular weight excluding hydrogens is 259 g/mol. The highest BCUT2D eigenvalue weighted by molar-refractivity contribution is 9.10.